The highest BCUT2D eigenvalue weighted by atomic mass is 19.1. The van der Waals surface area contributed by atoms with Gasteiger partial charge in [-0.3, -0.25) is 4.98 Å². The molecule has 4 heteroatoms. The number of hydrogen-bond acceptors (Lipinski definition) is 3. The zero-order valence-electron chi connectivity index (χ0n) is 11.9. The Hall–Kier alpha value is -1.94. The molecule has 1 atom stereocenters. The van der Waals surface area contributed by atoms with Crippen molar-refractivity contribution in [3.8, 4) is 5.75 Å². The van der Waals surface area contributed by atoms with Crippen LogP contribution in [0.1, 0.15) is 31.0 Å². The van der Waals surface area contributed by atoms with Crippen LogP contribution >= 0.6 is 0 Å². The third kappa shape index (κ3) is 3.54. The van der Waals surface area contributed by atoms with Crippen molar-refractivity contribution in [2.75, 3.05) is 7.05 Å². The lowest BCUT2D eigenvalue weighted by Crippen LogP contribution is -2.18. The maximum absolute atomic E-state index is 13.0. The number of rotatable bonds is 5. The van der Waals surface area contributed by atoms with Crippen LogP contribution in [0.3, 0.4) is 0 Å². The SMILES string of the molecule is CNC(c1ccc(F)cc1)c1cncc(OC(C)C)c1. The molecule has 1 heterocycles. The molecule has 20 heavy (non-hydrogen) atoms. The van der Waals surface area contributed by atoms with Gasteiger partial charge in [0.1, 0.15) is 11.6 Å². The standard InChI is InChI=1S/C16H19FN2O/c1-11(2)20-15-8-13(9-19-10-15)16(18-3)12-4-6-14(17)7-5-12/h4-11,16,18H,1-3H3. The first-order valence-electron chi connectivity index (χ1n) is 6.64. The number of ether oxygens (including phenoxy) is 1. The van der Waals surface area contributed by atoms with Crippen LogP contribution < -0.4 is 10.1 Å². The summed E-state index contributed by atoms with van der Waals surface area (Å²) in [7, 11) is 1.87. The van der Waals surface area contributed by atoms with E-state index in [2.05, 4.69) is 10.3 Å². The molecule has 0 saturated carbocycles. The summed E-state index contributed by atoms with van der Waals surface area (Å²) >= 11 is 0. The second-order valence-corrected chi connectivity index (χ2v) is 4.89. The van der Waals surface area contributed by atoms with Crippen molar-refractivity contribution in [1.29, 1.82) is 0 Å². The summed E-state index contributed by atoms with van der Waals surface area (Å²) in [6, 6.07) is 8.37. The van der Waals surface area contributed by atoms with Crippen LogP contribution in [-0.2, 0) is 0 Å². The van der Waals surface area contributed by atoms with E-state index in [1.807, 2.05) is 27.0 Å². The highest BCUT2D eigenvalue weighted by molar-refractivity contribution is 5.34. The van der Waals surface area contributed by atoms with Crippen LogP contribution in [0.25, 0.3) is 0 Å². The summed E-state index contributed by atoms with van der Waals surface area (Å²) in [6.45, 7) is 3.95. The Bertz CT molecular complexity index is 555. The van der Waals surface area contributed by atoms with E-state index >= 15 is 0 Å². The summed E-state index contributed by atoms with van der Waals surface area (Å²) in [4.78, 5) is 4.21. The van der Waals surface area contributed by atoms with Crippen molar-refractivity contribution in [3.05, 3.63) is 59.7 Å². The Kier molecular flexibility index (Phi) is 4.69. The Labute approximate surface area is 118 Å². The molecule has 1 aromatic heterocycles. The minimum atomic E-state index is -0.237. The maximum atomic E-state index is 13.0. The molecule has 0 aliphatic carbocycles. The Morgan fingerprint density at radius 3 is 2.40 bits per heavy atom. The molecule has 0 amide bonds. The van der Waals surface area contributed by atoms with E-state index in [-0.39, 0.29) is 18.0 Å². The first-order valence-corrected chi connectivity index (χ1v) is 6.64. The van der Waals surface area contributed by atoms with Gasteiger partial charge in [-0.05, 0) is 50.2 Å². The predicted octanol–water partition coefficient (Wildman–Crippen LogP) is 3.32. The Balaban J connectivity index is 2.29. The molecular weight excluding hydrogens is 255 g/mol. The number of hydrogen-bond donors (Lipinski definition) is 1. The fraction of sp³-hybridized carbons (Fsp3) is 0.312. The molecule has 0 radical (unpaired) electrons. The molecule has 1 unspecified atom stereocenters. The number of aromatic nitrogens is 1. The van der Waals surface area contributed by atoms with Crippen LogP contribution in [-0.4, -0.2) is 18.1 Å². The van der Waals surface area contributed by atoms with E-state index in [9.17, 15) is 4.39 Å². The van der Waals surface area contributed by atoms with Gasteiger partial charge in [-0.15, -0.1) is 0 Å². The van der Waals surface area contributed by atoms with Crippen molar-refractivity contribution in [3.63, 3.8) is 0 Å². The van der Waals surface area contributed by atoms with Gasteiger partial charge in [0.2, 0.25) is 0 Å². The molecular formula is C16H19FN2O. The number of pyridine rings is 1. The normalized spacial score (nSPS) is 12.4. The molecule has 0 spiro atoms. The monoisotopic (exact) mass is 274 g/mol. The van der Waals surface area contributed by atoms with Crippen LogP contribution in [0.4, 0.5) is 4.39 Å². The summed E-state index contributed by atoms with van der Waals surface area (Å²) in [5.41, 5.74) is 1.97. The van der Waals surface area contributed by atoms with Crippen LogP contribution in [0, 0.1) is 5.82 Å². The number of nitrogens with one attached hydrogen (secondary N) is 1. The Morgan fingerprint density at radius 2 is 1.80 bits per heavy atom. The molecule has 1 N–H and O–H groups in total. The number of nitrogens with zero attached hydrogens (tertiary/aromatic N) is 1. The third-order valence-corrected chi connectivity index (χ3v) is 2.93. The van der Waals surface area contributed by atoms with Gasteiger partial charge in [0, 0.05) is 6.20 Å². The lowest BCUT2D eigenvalue weighted by atomic mass is 10.0. The van der Waals surface area contributed by atoms with Gasteiger partial charge >= 0.3 is 0 Å². The van der Waals surface area contributed by atoms with E-state index in [1.54, 1.807) is 24.5 Å². The lowest BCUT2D eigenvalue weighted by molar-refractivity contribution is 0.241. The molecule has 1 aromatic carbocycles. The lowest BCUT2D eigenvalue weighted by Gasteiger charge is -2.18. The molecule has 2 rings (SSSR count). The predicted molar refractivity (Wildman–Crippen MR) is 77.3 cm³/mol. The van der Waals surface area contributed by atoms with Crippen LogP contribution in [0.15, 0.2) is 42.7 Å². The quantitative estimate of drug-likeness (QED) is 0.908. The highest BCUT2D eigenvalue weighted by Crippen LogP contribution is 2.24. The first kappa shape index (κ1) is 14.5. The molecule has 0 aliphatic rings. The van der Waals surface area contributed by atoms with Crippen molar-refractivity contribution in [2.45, 2.75) is 26.0 Å². The molecule has 0 saturated heterocycles. The molecule has 2 aromatic rings. The third-order valence-electron chi connectivity index (χ3n) is 2.93. The maximum Gasteiger partial charge on any atom is 0.138 e. The minimum Gasteiger partial charge on any atom is -0.489 e. The van der Waals surface area contributed by atoms with Gasteiger partial charge in [-0.2, -0.15) is 0 Å². The fourth-order valence-electron chi connectivity index (χ4n) is 2.11. The molecule has 106 valence electrons. The fourth-order valence-corrected chi connectivity index (χ4v) is 2.11. The van der Waals surface area contributed by atoms with E-state index in [0.717, 1.165) is 16.9 Å². The first-order chi connectivity index (χ1) is 9.60. The average molecular weight is 274 g/mol. The molecule has 0 aliphatic heterocycles. The van der Waals surface area contributed by atoms with Gasteiger partial charge in [0.15, 0.2) is 0 Å². The summed E-state index contributed by atoms with van der Waals surface area (Å²) in [5, 5.41) is 3.22. The zero-order chi connectivity index (χ0) is 14.5. The molecule has 0 fully saturated rings. The van der Waals surface area contributed by atoms with Crippen LogP contribution in [0.5, 0.6) is 5.75 Å². The topological polar surface area (TPSA) is 34.2 Å². The highest BCUT2D eigenvalue weighted by Gasteiger charge is 2.13. The van der Waals surface area contributed by atoms with Gasteiger partial charge in [-0.1, -0.05) is 12.1 Å². The smallest absolute Gasteiger partial charge is 0.138 e. The molecule has 3 nitrogen and oxygen atoms in total. The largest absolute Gasteiger partial charge is 0.489 e. The van der Waals surface area contributed by atoms with Crippen molar-refractivity contribution in [1.82, 2.24) is 10.3 Å². The van der Waals surface area contributed by atoms with Crippen LogP contribution in [0.2, 0.25) is 0 Å². The number of benzene rings is 1. The zero-order valence-corrected chi connectivity index (χ0v) is 11.9. The number of halogens is 1. The summed E-state index contributed by atoms with van der Waals surface area (Å²) in [5.74, 6) is 0.499. The van der Waals surface area contributed by atoms with Gasteiger partial charge < -0.3 is 10.1 Å². The minimum absolute atomic E-state index is 0.0428. The van der Waals surface area contributed by atoms with E-state index in [1.165, 1.54) is 12.1 Å². The van der Waals surface area contributed by atoms with Gasteiger partial charge in [-0.25, -0.2) is 4.39 Å². The van der Waals surface area contributed by atoms with Gasteiger partial charge in [0.05, 0.1) is 18.3 Å². The van der Waals surface area contributed by atoms with Crippen molar-refractivity contribution in [2.24, 2.45) is 0 Å². The van der Waals surface area contributed by atoms with Gasteiger partial charge in [0.25, 0.3) is 0 Å². The van der Waals surface area contributed by atoms with Crippen molar-refractivity contribution < 1.29 is 9.13 Å². The van der Waals surface area contributed by atoms with E-state index in [0.29, 0.717) is 0 Å². The second-order valence-electron chi connectivity index (χ2n) is 4.89. The Morgan fingerprint density at radius 1 is 1.10 bits per heavy atom. The second kappa shape index (κ2) is 6.48. The van der Waals surface area contributed by atoms with Crippen molar-refractivity contribution >= 4 is 0 Å². The molecule has 0 bridgehead atoms. The van der Waals surface area contributed by atoms with E-state index < -0.39 is 0 Å². The average Bonchev–Trinajstić information content (AvgIpc) is 2.41. The summed E-state index contributed by atoms with van der Waals surface area (Å²) < 4.78 is 18.7. The van der Waals surface area contributed by atoms with E-state index in [4.69, 9.17) is 4.74 Å². The summed E-state index contributed by atoms with van der Waals surface area (Å²) in [6.07, 6.45) is 3.59.